The minimum atomic E-state index is -0.569. The van der Waals surface area contributed by atoms with Crippen molar-refractivity contribution < 1.29 is 0 Å². The summed E-state index contributed by atoms with van der Waals surface area (Å²) in [6.45, 7) is 23.7. The van der Waals surface area contributed by atoms with Gasteiger partial charge in [0.25, 0.3) is 0 Å². The van der Waals surface area contributed by atoms with Crippen molar-refractivity contribution in [2.75, 3.05) is 0 Å². The fraction of sp³-hybridized carbons (Fsp3) is 0.800. The van der Waals surface area contributed by atoms with E-state index in [9.17, 15) is 0 Å². The molecule has 12 heavy (non-hydrogen) atoms. The van der Waals surface area contributed by atoms with Crippen LogP contribution < -0.4 is 0 Å². The van der Waals surface area contributed by atoms with Crippen molar-refractivity contribution in [3.63, 3.8) is 0 Å². The van der Waals surface area contributed by atoms with E-state index in [4.69, 9.17) is 13.1 Å². The van der Waals surface area contributed by atoms with Gasteiger partial charge < -0.3 is 9.69 Å². The van der Waals surface area contributed by atoms with E-state index in [1.165, 1.54) is 0 Å². The molecule has 0 bridgehead atoms. The molecule has 0 N–H and O–H groups in total. The minimum Gasteiger partial charge on any atom is -0.304 e. The molecule has 0 rings (SSSR count). The van der Waals surface area contributed by atoms with Crippen LogP contribution in [0.2, 0.25) is 0 Å². The Morgan fingerprint density at radius 2 is 1.42 bits per heavy atom. The van der Waals surface area contributed by atoms with Gasteiger partial charge >= 0.3 is 11.6 Å². The van der Waals surface area contributed by atoms with Gasteiger partial charge in [0.1, 0.15) is 0 Å². The molecule has 0 saturated carbocycles. The van der Waals surface area contributed by atoms with Crippen LogP contribution in [0.25, 0.3) is 9.69 Å². The number of hydrogen-bond acceptors (Lipinski definition) is 0. The first-order valence-electron chi connectivity index (χ1n) is 4.01. The highest BCUT2D eigenvalue weighted by Gasteiger charge is 2.49. The molecule has 0 fully saturated rings. The zero-order chi connectivity index (χ0) is 9.99. The Labute approximate surface area is 75.2 Å². The van der Waals surface area contributed by atoms with Crippen molar-refractivity contribution in [3.05, 3.63) is 22.8 Å². The van der Waals surface area contributed by atoms with Crippen LogP contribution in [-0.2, 0) is 0 Å². The highest BCUT2D eigenvalue weighted by Crippen LogP contribution is 2.33. The molecule has 0 spiro atoms. The van der Waals surface area contributed by atoms with Gasteiger partial charge in [-0.2, -0.15) is 0 Å². The van der Waals surface area contributed by atoms with Crippen LogP contribution in [0.4, 0.5) is 0 Å². The smallest absolute Gasteiger partial charge is 0.303 e. The summed E-state index contributed by atoms with van der Waals surface area (Å²) in [6, 6.07) is -0.234. The van der Waals surface area contributed by atoms with Crippen LogP contribution in [0.3, 0.4) is 0 Å². The summed E-state index contributed by atoms with van der Waals surface area (Å²) < 4.78 is 0. The summed E-state index contributed by atoms with van der Waals surface area (Å²) >= 11 is 0. The second kappa shape index (κ2) is 3.15. The lowest BCUT2D eigenvalue weighted by Gasteiger charge is -2.25. The van der Waals surface area contributed by atoms with Crippen LogP contribution in [0.15, 0.2) is 0 Å². The highest BCUT2D eigenvalue weighted by atomic mass is 14.9. The normalized spacial score (nSPS) is 14.6. The summed E-state index contributed by atoms with van der Waals surface area (Å²) in [5.74, 6) is 0. The molecule has 1 unspecified atom stereocenters. The van der Waals surface area contributed by atoms with Crippen molar-refractivity contribution in [1.82, 2.24) is 0 Å². The lowest BCUT2D eigenvalue weighted by Crippen LogP contribution is -2.40. The first-order valence-corrected chi connectivity index (χ1v) is 4.01. The third kappa shape index (κ3) is 2.24. The Hall–Kier alpha value is -1.02. The lowest BCUT2D eigenvalue weighted by atomic mass is 9.77. The molecule has 0 aliphatic rings. The summed E-state index contributed by atoms with van der Waals surface area (Å²) in [6.07, 6.45) is 0. The lowest BCUT2D eigenvalue weighted by molar-refractivity contribution is 0.291. The van der Waals surface area contributed by atoms with E-state index >= 15 is 0 Å². The number of rotatable bonds is 1. The maximum absolute atomic E-state index is 7.06. The van der Waals surface area contributed by atoms with Crippen molar-refractivity contribution >= 4 is 0 Å². The van der Waals surface area contributed by atoms with Gasteiger partial charge in [0.15, 0.2) is 0 Å². The first-order chi connectivity index (χ1) is 5.25. The maximum atomic E-state index is 7.06. The first kappa shape index (κ1) is 11.0. The molecule has 2 nitrogen and oxygen atoms in total. The molecule has 2 heteroatoms. The molecule has 0 aromatic heterocycles. The molecule has 0 aromatic rings. The van der Waals surface area contributed by atoms with Crippen LogP contribution in [0, 0.1) is 18.6 Å². The fourth-order valence-corrected chi connectivity index (χ4v) is 1.47. The van der Waals surface area contributed by atoms with Crippen molar-refractivity contribution in [2.24, 2.45) is 5.41 Å². The molecule has 0 radical (unpaired) electrons. The molecule has 0 aliphatic heterocycles. The van der Waals surface area contributed by atoms with Gasteiger partial charge in [-0.1, -0.05) is 20.8 Å². The second-order valence-electron chi connectivity index (χ2n) is 4.66. The number of hydrogen-bond donors (Lipinski definition) is 0. The Morgan fingerprint density at radius 3 is 1.50 bits per heavy atom. The topological polar surface area (TPSA) is 8.72 Å². The zero-order valence-electron chi connectivity index (χ0n) is 8.47. The zero-order valence-corrected chi connectivity index (χ0v) is 8.47. The average Bonchev–Trinajstić information content (AvgIpc) is 1.85. The van der Waals surface area contributed by atoms with Gasteiger partial charge in [-0.25, -0.2) is 13.1 Å². The third-order valence-electron chi connectivity index (χ3n) is 1.91. The maximum Gasteiger partial charge on any atom is 0.303 e. The van der Waals surface area contributed by atoms with Crippen molar-refractivity contribution in [1.29, 1.82) is 0 Å². The standard InChI is InChI=1S/C10H16N2/c1-9(2,3)8(11-6)10(4,5)12-7/h8H,1-5H3. The quantitative estimate of drug-likeness (QED) is 0.527. The Bertz CT molecular complexity index is 232. The average molecular weight is 164 g/mol. The third-order valence-corrected chi connectivity index (χ3v) is 1.91. The summed E-state index contributed by atoms with van der Waals surface area (Å²) in [4.78, 5) is 7.03. The van der Waals surface area contributed by atoms with Crippen molar-refractivity contribution in [3.8, 4) is 0 Å². The summed E-state index contributed by atoms with van der Waals surface area (Å²) in [7, 11) is 0. The minimum absolute atomic E-state index is 0.115. The van der Waals surface area contributed by atoms with Gasteiger partial charge in [-0.3, -0.25) is 0 Å². The van der Waals surface area contributed by atoms with E-state index in [0.29, 0.717) is 0 Å². The van der Waals surface area contributed by atoms with Crippen LogP contribution in [0.1, 0.15) is 34.6 Å². The molecule has 66 valence electrons. The predicted molar refractivity (Wildman–Crippen MR) is 50.5 cm³/mol. The van der Waals surface area contributed by atoms with E-state index < -0.39 is 5.54 Å². The van der Waals surface area contributed by atoms with Gasteiger partial charge in [-0.15, -0.1) is 0 Å². The Morgan fingerprint density at radius 1 is 1.00 bits per heavy atom. The fourth-order valence-electron chi connectivity index (χ4n) is 1.47. The van der Waals surface area contributed by atoms with Crippen LogP contribution >= 0.6 is 0 Å². The second-order valence-corrected chi connectivity index (χ2v) is 4.66. The monoisotopic (exact) mass is 164 g/mol. The molecular formula is C10H16N2. The van der Waals surface area contributed by atoms with Gasteiger partial charge in [0.05, 0.1) is 0 Å². The van der Waals surface area contributed by atoms with E-state index in [-0.39, 0.29) is 11.5 Å². The number of nitrogens with zero attached hydrogens (tertiary/aromatic N) is 2. The predicted octanol–water partition coefficient (Wildman–Crippen LogP) is 3.02. The van der Waals surface area contributed by atoms with Crippen molar-refractivity contribution in [2.45, 2.75) is 46.2 Å². The van der Waals surface area contributed by atoms with E-state index in [0.717, 1.165) is 0 Å². The van der Waals surface area contributed by atoms with Gasteiger partial charge in [0, 0.05) is 19.3 Å². The molecule has 0 aromatic carbocycles. The molecule has 0 aliphatic carbocycles. The molecular weight excluding hydrogens is 148 g/mol. The Balaban J connectivity index is 4.88. The molecule has 1 atom stereocenters. The van der Waals surface area contributed by atoms with Gasteiger partial charge in [0.2, 0.25) is 0 Å². The molecule has 0 saturated heterocycles. The highest BCUT2D eigenvalue weighted by molar-refractivity contribution is 5.10. The molecule has 0 heterocycles. The summed E-state index contributed by atoms with van der Waals surface area (Å²) in [5.41, 5.74) is -0.685. The van der Waals surface area contributed by atoms with E-state index in [1.54, 1.807) is 0 Å². The van der Waals surface area contributed by atoms with Crippen LogP contribution in [-0.4, -0.2) is 11.6 Å². The van der Waals surface area contributed by atoms with E-state index in [1.807, 2.05) is 34.6 Å². The van der Waals surface area contributed by atoms with E-state index in [2.05, 4.69) is 9.69 Å². The summed E-state index contributed by atoms with van der Waals surface area (Å²) in [5, 5.41) is 0. The van der Waals surface area contributed by atoms with Crippen LogP contribution in [0.5, 0.6) is 0 Å². The SMILES string of the molecule is [C-]#[N+]C(C(C)(C)C)C(C)(C)[N+]#[C-]. The molecule has 0 amide bonds. The van der Waals surface area contributed by atoms with Gasteiger partial charge in [-0.05, 0) is 0 Å². The largest absolute Gasteiger partial charge is 0.304 e. The Kier molecular flexibility index (Phi) is 2.88.